The lowest BCUT2D eigenvalue weighted by Gasteiger charge is -2.32. The molecule has 1 fully saturated rings. The van der Waals surface area contributed by atoms with Crippen LogP contribution in [0.1, 0.15) is 41.4 Å². The summed E-state index contributed by atoms with van der Waals surface area (Å²) in [6.45, 7) is 7.57. The molecule has 7 heteroatoms. The molecule has 23 heavy (non-hydrogen) atoms. The molecule has 0 atom stereocenters. The van der Waals surface area contributed by atoms with Crippen LogP contribution in [0.15, 0.2) is 6.07 Å². The molecule has 0 amide bonds. The SMILES string of the molecule is CCCN1CCC(NC(=S)Nc2sc(C)cc2C(=O)OC)CC1. The first kappa shape index (κ1) is 18.2. The highest BCUT2D eigenvalue weighted by Gasteiger charge is 2.20. The maximum atomic E-state index is 11.8. The summed E-state index contributed by atoms with van der Waals surface area (Å²) in [5.74, 6) is -0.340. The number of rotatable bonds is 5. The Morgan fingerprint density at radius 3 is 2.78 bits per heavy atom. The van der Waals surface area contributed by atoms with Gasteiger partial charge in [0, 0.05) is 24.0 Å². The quantitative estimate of drug-likeness (QED) is 0.625. The van der Waals surface area contributed by atoms with Crippen LogP contribution in [0.5, 0.6) is 0 Å². The van der Waals surface area contributed by atoms with E-state index in [0.29, 0.717) is 16.7 Å². The summed E-state index contributed by atoms with van der Waals surface area (Å²) in [6.07, 6.45) is 3.39. The zero-order valence-corrected chi connectivity index (χ0v) is 15.6. The molecule has 5 nitrogen and oxygen atoms in total. The third-order valence-electron chi connectivity index (χ3n) is 3.95. The Labute approximate surface area is 147 Å². The molecule has 1 saturated heterocycles. The number of aryl methyl sites for hydroxylation is 1. The Bertz CT molecular complexity index is 552. The second-order valence-electron chi connectivity index (χ2n) is 5.81. The Hall–Kier alpha value is -1.18. The van der Waals surface area contributed by atoms with Gasteiger partial charge in [0.1, 0.15) is 5.00 Å². The van der Waals surface area contributed by atoms with Gasteiger partial charge in [-0.15, -0.1) is 11.3 Å². The van der Waals surface area contributed by atoms with Crippen molar-refractivity contribution in [1.82, 2.24) is 10.2 Å². The lowest BCUT2D eigenvalue weighted by Crippen LogP contribution is -2.46. The first-order valence-electron chi connectivity index (χ1n) is 8.02. The maximum Gasteiger partial charge on any atom is 0.340 e. The van der Waals surface area contributed by atoms with Gasteiger partial charge in [-0.2, -0.15) is 0 Å². The number of hydrogen-bond donors (Lipinski definition) is 2. The van der Waals surface area contributed by atoms with E-state index in [2.05, 4.69) is 22.5 Å². The number of esters is 1. The Balaban J connectivity index is 1.87. The van der Waals surface area contributed by atoms with E-state index in [-0.39, 0.29) is 5.97 Å². The third kappa shape index (κ3) is 5.16. The van der Waals surface area contributed by atoms with Crippen LogP contribution in [0, 0.1) is 6.92 Å². The van der Waals surface area contributed by atoms with Crippen molar-refractivity contribution in [3.05, 3.63) is 16.5 Å². The van der Waals surface area contributed by atoms with E-state index in [4.69, 9.17) is 17.0 Å². The number of carbonyl (C=O) groups excluding carboxylic acids is 1. The van der Waals surface area contributed by atoms with Crippen molar-refractivity contribution < 1.29 is 9.53 Å². The van der Waals surface area contributed by atoms with Crippen LogP contribution in [0.2, 0.25) is 0 Å². The summed E-state index contributed by atoms with van der Waals surface area (Å²) in [7, 11) is 1.39. The van der Waals surface area contributed by atoms with Gasteiger partial charge in [-0.3, -0.25) is 0 Å². The summed E-state index contributed by atoms with van der Waals surface area (Å²) in [6, 6.07) is 2.22. The van der Waals surface area contributed by atoms with Crippen molar-refractivity contribution in [2.75, 3.05) is 32.1 Å². The molecule has 0 radical (unpaired) electrons. The molecule has 0 bridgehead atoms. The second kappa shape index (κ2) is 8.61. The number of piperidine rings is 1. The number of carbonyl (C=O) groups is 1. The van der Waals surface area contributed by atoms with Crippen LogP contribution in [0.4, 0.5) is 5.00 Å². The molecule has 0 aromatic carbocycles. The third-order valence-corrected chi connectivity index (χ3v) is 5.14. The number of nitrogens with one attached hydrogen (secondary N) is 2. The van der Waals surface area contributed by atoms with Gasteiger partial charge >= 0.3 is 5.97 Å². The van der Waals surface area contributed by atoms with Crippen LogP contribution in [0.3, 0.4) is 0 Å². The second-order valence-corrected chi connectivity index (χ2v) is 7.47. The number of methoxy groups -OCH3 is 1. The zero-order valence-electron chi connectivity index (χ0n) is 14.0. The number of nitrogens with zero attached hydrogens (tertiary/aromatic N) is 1. The highest BCUT2D eigenvalue weighted by Crippen LogP contribution is 2.28. The molecule has 2 N–H and O–H groups in total. The molecule has 2 rings (SSSR count). The normalized spacial score (nSPS) is 16.1. The lowest BCUT2D eigenvalue weighted by atomic mass is 10.1. The first-order chi connectivity index (χ1) is 11.0. The van der Waals surface area contributed by atoms with E-state index in [0.717, 1.165) is 35.8 Å². The smallest absolute Gasteiger partial charge is 0.340 e. The lowest BCUT2D eigenvalue weighted by molar-refractivity contribution is 0.0602. The monoisotopic (exact) mass is 355 g/mol. The van der Waals surface area contributed by atoms with Crippen LogP contribution in [-0.2, 0) is 4.74 Å². The summed E-state index contributed by atoms with van der Waals surface area (Å²) in [4.78, 5) is 15.3. The van der Waals surface area contributed by atoms with Crippen LogP contribution in [0.25, 0.3) is 0 Å². The van der Waals surface area contributed by atoms with Crippen molar-refractivity contribution >= 4 is 39.6 Å². The van der Waals surface area contributed by atoms with Gasteiger partial charge in [-0.25, -0.2) is 4.79 Å². The van der Waals surface area contributed by atoms with Crippen molar-refractivity contribution in [2.45, 2.75) is 39.2 Å². The zero-order chi connectivity index (χ0) is 16.8. The fourth-order valence-corrected chi connectivity index (χ4v) is 4.05. The molecular weight excluding hydrogens is 330 g/mol. The maximum absolute atomic E-state index is 11.8. The molecule has 0 saturated carbocycles. The van der Waals surface area contributed by atoms with E-state index >= 15 is 0 Å². The summed E-state index contributed by atoms with van der Waals surface area (Å²) in [5, 5.41) is 7.85. The topological polar surface area (TPSA) is 53.6 Å². The molecule has 0 aliphatic carbocycles. The number of hydrogen-bond acceptors (Lipinski definition) is 5. The van der Waals surface area contributed by atoms with E-state index in [1.807, 2.05) is 13.0 Å². The van der Waals surface area contributed by atoms with Gasteiger partial charge in [0.2, 0.25) is 0 Å². The van der Waals surface area contributed by atoms with Crippen molar-refractivity contribution in [1.29, 1.82) is 0 Å². The highest BCUT2D eigenvalue weighted by molar-refractivity contribution is 7.80. The Morgan fingerprint density at radius 1 is 1.48 bits per heavy atom. The van der Waals surface area contributed by atoms with E-state index in [1.165, 1.54) is 31.4 Å². The number of thiophene rings is 1. The molecule has 0 unspecified atom stereocenters. The predicted octanol–water partition coefficient (Wildman–Crippen LogP) is 3.00. The molecule has 128 valence electrons. The summed E-state index contributed by atoms with van der Waals surface area (Å²) < 4.78 is 4.82. The van der Waals surface area contributed by atoms with Gasteiger partial charge in [0.05, 0.1) is 12.7 Å². The van der Waals surface area contributed by atoms with Crippen LogP contribution >= 0.6 is 23.6 Å². The van der Waals surface area contributed by atoms with Gasteiger partial charge in [0.15, 0.2) is 5.11 Å². The standard InChI is InChI=1S/C16H25N3O2S2/c1-4-7-19-8-5-12(6-9-19)17-16(22)18-14-13(15(20)21-3)10-11(2)23-14/h10,12H,4-9H2,1-3H3,(H2,17,18,22). The molecule has 1 aliphatic heterocycles. The minimum absolute atomic E-state index is 0.340. The van der Waals surface area contributed by atoms with Crippen molar-refractivity contribution in [2.24, 2.45) is 0 Å². The molecule has 2 heterocycles. The number of thiocarbonyl (C=S) groups is 1. The number of anilines is 1. The fraction of sp³-hybridized carbons (Fsp3) is 0.625. The Morgan fingerprint density at radius 2 is 2.17 bits per heavy atom. The molecule has 1 aromatic heterocycles. The highest BCUT2D eigenvalue weighted by atomic mass is 32.1. The average molecular weight is 356 g/mol. The van der Waals surface area contributed by atoms with Crippen molar-refractivity contribution in [3.63, 3.8) is 0 Å². The minimum Gasteiger partial charge on any atom is -0.465 e. The number of ether oxygens (including phenoxy) is 1. The predicted molar refractivity (Wildman–Crippen MR) is 99.5 cm³/mol. The number of likely N-dealkylation sites (tertiary alicyclic amines) is 1. The van der Waals surface area contributed by atoms with Gasteiger partial charge in [-0.1, -0.05) is 6.92 Å². The van der Waals surface area contributed by atoms with Crippen LogP contribution in [-0.4, -0.2) is 48.8 Å². The molecule has 1 aromatic rings. The molecular formula is C16H25N3O2S2. The fourth-order valence-electron chi connectivity index (χ4n) is 2.81. The van der Waals surface area contributed by atoms with E-state index < -0.39 is 0 Å². The summed E-state index contributed by atoms with van der Waals surface area (Å²) >= 11 is 6.92. The van der Waals surface area contributed by atoms with E-state index in [9.17, 15) is 4.79 Å². The summed E-state index contributed by atoms with van der Waals surface area (Å²) in [5.41, 5.74) is 0.539. The van der Waals surface area contributed by atoms with Crippen molar-refractivity contribution in [3.8, 4) is 0 Å². The van der Waals surface area contributed by atoms with E-state index in [1.54, 1.807) is 0 Å². The molecule has 1 aliphatic rings. The van der Waals surface area contributed by atoms with Gasteiger partial charge < -0.3 is 20.3 Å². The minimum atomic E-state index is -0.340. The van der Waals surface area contributed by atoms with Crippen LogP contribution < -0.4 is 10.6 Å². The van der Waals surface area contributed by atoms with Gasteiger partial charge in [0.25, 0.3) is 0 Å². The first-order valence-corrected chi connectivity index (χ1v) is 9.24. The van der Waals surface area contributed by atoms with Gasteiger partial charge in [-0.05, 0) is 51.0 Å². The Kier molecular flexibility index (Phi) is 6.80. The molecule has 0 spiro atoms. The largest absolute Gasteiger partial charge is 0.465 e. The average Bonchev–Trinajstić information content (AvgIpc) is 2.89.